The van der Waals surface area contributed by atoms with Crippen molar-refractivity contribution in [2.75, 3.05) is 19.8 Å². The molecule has 0 bridgehead atoms. The van der Waals surface area contributed by atoms with Crippen molar-refractivity contribution in [2.45, 2.75) is 43.3 Å². The zero-order valence-electron chi connectivity index (χ0n) is 16.7. The van der Waals surface area contributed by atoms with E-state index in [1.807, 2.05) is 30.3 Å². The Balaban J connectivity index is 1.73. The fourth-order valence-corrected chi connectivity index (χ4v) is 5.38. The van der Waals surface area contributed by atoms with E-state index in [0.717, 1.165) is 18.1 Å². The number of ether oxygens (including phenoxy) is 1. The Hall–Kier alpha value is -2.29. The van der Waals surface area contributed by atoms with Gasteiger partial charge in [0.05, 0.1) is 29.8 Å². The minimum absolute atomic E-state index is 0.0546. The van der Waals surface area contributed by atoms with E-state index in [-0.39, 0.29) is 29.5 Å². The number of carboxylic acid groups (broad SMARTS) is 1. The van der Waals surface area contributed by atoms with Crippen molar-refractivity contribution in [1.29, 1.82) is 0 Å². The third-order valence-corrected chi connectivity index (χ3v) is 7.24. The summed E-state index contributed by atoms with van der Waals surface area (Å²) in [7, 11) is -3.94. The lowest BCUT2D eigenvalue weighted by Gasteiger charge is -2.22. The van der Waals surface area contributed by atoms with Crippen LogP contribution in [0, 0.1) is 0 Å². The molecule has 0 radical (unpaired) electrons. The van der Waals surface area contributed by atoms with E-state index in [4.69, 9.17) is 4.74 Å². The summed E-state index contributed by atoms with van der Waals surface area (Å²) in [4.78, 5) is 11.2. The quantitative estimate of drug-likeness (QED) is 0.684. The summed E-state index contributed by atoms with van der Waals surface area (Å²) in [6.45, 7) is 0.345. The van der Waals surface area contributed by atoms with Gasteiger partial charge in [0.2, 0.25) is 10.0 Å². The molecule has 1 unspecified atom stereocenters. The van der Waals surface area contributed by atoms with Gasteiger partial charge in [-0.05, 0) is 42.5 Å². The van der Waals surface area contributed by atoms with Gasteiger partial charge >= 0.3 is 5.97 Å². The van der Waals surface area contributed by atoms with Gasteiger partial charge in [0, 0.05) is 19.5 Å². The van der Waals surface area contributed by atoms with Crippen LogP contribution in [0.3, 0.4) is 0 Å². The molecule has 0 amide bonds. The molecular formula is C22H26FNO5S. The van der Waals surface area contributed by atoms with Crippen LogP contribution in [0.1, 0.15) is 40.7 Å². The topological polar surface area (TPSA) is 83.9 Å². The van der Waals surface area contributed by atoms with E-state index in [1.165, 1.54) is 16.4 Å². The highest BCUT2D eigenvalue weighted by molar-refractivity contribution is 7.89. The molecule has 1 fully saturated rings. The Morgan fingerprint density at radius 1 is 1.13 bits per heavy atom. The van der Waals surface area contributed by atoms with Crippen molar-refractivity contribution < 1.29 is 27.4 Å². The number of carbonyl (C=O) groups is 1. The molecule has 8 heteroatoms. The smallest absolute Gasteiger partial charge is 0.335 e. The molecule has 1 heterocycles. The second-order valence-corrected chi connectivity index (χ2v) is 9.23. The van der Waals surface area contributed by atoms with Crippen molar-refractivity contribution in [3.05, 3.63) is 65.2 Å². The van der Waals surface area contributed by atoms with Crippen molar-refractivity contribution in [1.82, 2.24) is 4.31 Å². The summed E-state index contributed by atoms with van der Waals surface area (Å²) >= 11 is 0. The number of benzene rings is 2. The van der Waals surface area contributed by atoms with Crippen LogP contribution in [0.5, 0.6) is 0 Å². The van der Waals surface area contributed by atoms with Gasteiger partial charge < -0.3 is 9.84 Å². The molecular weight excluding hydrogens is 409 g/mol. The Labute approximate surface area is 176 Å². The lowest BCUT2D eigenvalue weighted by molar-refractivity contribution is 0.0323. The molecule has 1 saturated heterocycles. The predicted octanol–water partition coefficient (Wildman–Crippen LogP) is 3.66. The minimum atomic E-state index is -3.94. The number of aryl methyl sites for hydroxylation is 1. The average molecular weight is 436 g/mol. The van der Waals surface area contributed by atoms with E-state index >= 15 is 0 Å². The summed E-state index contributed by atoms with van der Waals surface area (Å²) in [5.41, 5.74) is 1.23. The van der Waals surface area contributed by atoms with Gasteiger partial charge in [0.25, 0.3) is 0 Å². The van der Waals surface area contributed by atoms with Crippen molar-refractivity contribution >= 4 is 16.0 Å². The molecule has 6 nitrogen and oxygen atoms in total. The number of carboxylic acids is 1. The molecule has 1 atom stereocenters. The summed E-state index contributed by atoms with van der Waals surface area (Å²) in [5.74, 6) is -1.22. The van der Waals surface area contributed by atoms with Crippen LogP contribution in [-0.2, 0) is 27.8 Å². The second-order valence-electron chi connectivity index (χ2n) is 7.32. The molecule has 0 aromatic heterocycles. The number of halogens is 1. The van der Waals surface area contributed by atoms with Crippen molar-refractivity contribution in [3.8, 4) is 0 Å². The highest BCUT2D eigenvalue weighted by atomic mass is 32.2. The maximum atomic E-state index is 13.3. The molecule has 0 spiro atoms. The minimum Gasteiger partial charge on any atom is -0.478 e. The van der Waals surface area contributed by atoms with Gasteiger partial charge in [-0.15, -0.1) is 0 Å². The van der Waals surface area contributed by atoms with E-state index in [2.05, 4.69) is 0 Å². The van der Waals surface area contributed by atoms with Crippen molar-refractivity contribution in [2.24, 2.45) is 0 Å². The zero-order valence-corrected chi connectivity index (χ0v) is 17.5. The van der Waals surface area contributed by atoms with Crippen LogP contribution < -0.4 is 0 Å². The second kappa shape index (κ2) is 10.1. The van der Waals surface area contributed by atoms with E-state index < -0.39 is 22.7 Å². The van der Waals surface area contributed by atoms with Gasteiger partial charge in [-0.25, -0.2) is 13.2 Å². The first kappa shape index (κ1) is 22.4. The van der Waals surface area contributed by atoms with Crippen LogP contribution in [0.25, 0.3) is 0 Å². The third kappa shape index (κ3) is 5.44. The molecule has 1 N–H and O–H groups in total. The molecule has 162 valence electrons. The van der Waals surface area contributed by atoms with E-state index in [1.54, 1.807) is 0 Å². The molecule has 0 aliphatic carbocycles. The Morgan fingerprint density at radius 2 is 1.90 bits per heavy atom. The molecule has 2 aromatic carbocycles. The first-order valence-corrected chi connectivity index (χ1v) is 11.4. The molecule has 0 saturated carbocycles. The van der Waals surface area contributed by atoms with Gasteiger partial charge in [0.1, 0.15) is 0 Å². The first-order valence-electron chi connectivity index (χ1n) is 9.99. The SMILES string of the molecule is O=C(O)c1ccc(CCF)c(S(=O)(=O)N2CCCC(OCc3ccccc3)CC2)c1. The van der Waals surface area contributed by atoms with Gasteiger partial charge in [-0.1, -0.05) is 36.4 Å². The Bertz CT molecular complexity index is 965. The zero-order chi connectivity index (χ0) is 21.6. The third-order valence-electron chi connectivity index (χ3n) is 5.26. The number of hydrogen-bond acceptors (Lipinski definition) is 4. The average Bonchev–Trinajstić information content (AvgIpc) is 2.99. The highest BCUT2D eigenvalue weighted by Gasteiger charge is 2.30. The lowest BCUT2D eigenvalue weighted by atomic mass is 10.1. The van der Waals surface area contributed by atoms with Gasteiger partial charge in [-0.3, -0.25) is 4.39 Å². The number of rotatable bonds is 8. The van der Waals surface area contributed by atoms with Gasteiger partial charge in [0.15, 0.2) is 0 Å². The van der Waals surface area contributed by atoms with Crippen molar-refractivity contribution in [3.63, 3.8) is 0 Å². The monoisotopic (exact) mass is 435 g/mol. The fourth-order valence-electron chi connectivity index (χ4n) is 3.61. The van der Waals surface area contributed by atoms with Gasteiger partial charge in [-0.2, -0.15) is 4.31 Å². The Kier molecular flexibility index (Phi) is 7.58. The standard InChI is InChI=1S/C22H26FNO5S/c23-12-10-18-8-9-19(22(25)26)15-21(18)30(27,28)24-13-4-7-20(11-14-24)29-16-17-5-2-1-3-6-17/h1-3,5-6,8-9,15,20H,4,7,10-14,16H2,(H,25,26). The van der Waals surface area contributed by atoms with E-state index in [9.17, 15) is 22.7 Å². The summed E-state index contributed by atoms with van der Waals surface area (Å²) in [6.07, 6.45) is 1.79. The van der Waals surface area contributed by atoms with Crippen LogP contribution >= 0.6 is 0 Å². The van der Waals surface area contributed by atoms with Crippen LogP contribution in [0.2, 0.25) is 0 Å². The fraction of sp³-hybridized carbons (Fsp3) is 0.409. The Morgan fingerprint density at radius 3 is 2.60 bits per heavy atom. The molecule has 2 aromatic rings. The number of sulfonamides is 1. The molecule has 1 aliphatic heterocycles. The number of alkyl halides is 1. The normalized spacial score (nSPS) is 18.1. The summed E-state index contributed by atoms with van der Waals surface area (Å²) in [5, 5.41) is 9.24. The molecule has 3 rings (SSSR count). The predicted molar refractivity (Wildman–Crippen MR) is 111 cm³/mol. The summed E-state index contributed by atoms with van der Waals surface area (Å²) in [6, 6.07) is 13.6. The largest absolute Gasteiger partial charge is 0.478 e. The number of nitrogens with zero attached hydrogens (tertiary/aromatic N) is 1. The van der Waals surface area contributed by atoms with Crippen LogP contribution in [0.4, 0.5) is 4.39 Å². The maximum Gasteiger partial charge on any atom is 0.335 e. The number of hydrogen-bond donors (Lipinski definition) is 1. The molecule has 30 heavy (non-hydrogen) atoms. The molecule has 1 aliphatic rings. The van der Waals surface area contributed by atoms with E-state index in [0.29, 0.717) is 31.6 Å². The first-order chi connectivity index (χ1) is 14.4. The summed E-state index contributed by atoms with van der Waals surface area (Å²) < 4.78 is 46.8. The van der Waals surface area contributed by atoms with Crippen LogP contribution in [0.15, 0.2) is 53.4 Å². The lowest BCUT2D eigenvalue weighted by Crippen LogP contribution is -2.33. The maximum absolute atomic E-state index is 13.3. The number of aromatic carboxylic acids is 1. The highest BCUT2D eigenvalue weighted by Crippen LogP contribution is 2.26. The van der Waals surface area contributed by atoms with Crippen LogP contribution in [-0.4, -0.2) is 49.7 Å².